The van der Waals surface area contributed by atoms with Crippen molar-refractivity contribution in [3.63, 3.8) is 0 Å². The summed E-state index contributed by atoms with van der Waals surface area (Å²) in [4.78, 5) is 8.70. The van der Waals surface area contributed by atoms with Crippen molar-refractivity contribution in [2.45, 2.75) is 57.5 Å². The molecule has 1 aromatic heterocycles. The number of alkyl halides is 3. The van der Waals surface area contributed by atoms with Crippen LogP contribution in [0.5, 0.6) is 0 Å². The number of halogens is 3. The second kappa shape index (κ2) is 9.74. The van der Waals surface area contributed by atoms with Gasteiger partial charge in [-0.15, -0.1) is 0 Å². The molecule has 1 aliphatic heterocycles. The molecule has 0 saturated carbocycles. The van der Waals surface area contributed by atoms with Gasteiger partial charge in [0.05, 0.1) is 6.54 Å². The van der Waals surface area contributed by atoms with E-state index in [1.807, 2.05) is 20.8 Å². The van der Waals surface area contributed by atoms with Crippen LogP contribution in [0.4, 0.5) is 13.2 Å². The SMILES string of the molecule is CCNC(=NCCc1nc(C(C)C)no1)NC1CCN(S(=O)(=O)C(F)(F)F)CC1. The van der Waals surface area contributed by atoms with Gasteiger partial charge in [0.2, 0.25) is 5.89 Å². The molecule has 2 N–H and O–H groups in total. The number of nitrogens with one attached hydrogen (secondary N) is 2. The maximum Gasteiger partial charge on any atom is 0.511 e. The van der Waals surface area contributed by atoms with E-state index in [4.69, 9.17) is 4.52 Å². The zero-order valence-corrected chi connectivity index (χ0v) is 17.5. The van der Waals surface area contributed by atoms with E-state index in [1.54, 1.807) is 0 Å². The van der Waals surface area contributed by atoms with E-state index in [0.29, 0.717) is 41.5 Å². The monoisotopic (exact) mass is 440 g/mol. The van der Waals surface area contributed by atoms with E-state index in [9.17, 15) is 21.6 Å². The lowest BCUT2D eigenvalue weighted by atomic mass is 10.1. The molecule has 1 aromatic rings. The van der Waals surface area contributed by atoms with Crippen molar-refractivity contribution < 1.29 is 26.1 Å². The van der Waals surface area contributed by atoms with Crippen molar-refractivity contribution >= 4 is 16.0 Å². The van der Waals surface area contributed by atoms with E-state index < -0.39 is 15.5 Å². The molecule has 0 aliphatic carbocycles. The Labute approximate surface area is 168 Å². The fourth-order valence-corrected chi connectivity index (χ4v) is 3.75. The molecule has 29 heavy (non-hydrogen) atoms. The number of aliphatic imine (C=N–C) groups is 1. The summed E-state index contributed by atoms with van der Waals surface area (Å²) < 4.78 is 66.6. The zero-order chi connectivity index (χ0) is 21.7. The molecule has 166 valence electrons. The Morgan fingerprint density at radius 2 is 2.00 bits per heavy atom. The van der Waals surface area contributed by atoms with Gasteiger partial charge in [-0.05, 0) is 19.8 Å². The third kappa shape index (κ3) is 6.29. The van der Waals surface area contributed by atoms with Crippen molar-refractivity contribution in [2.75, 3.05) is 26.2 Å². The van der Waals surface area contributed by atoms with Crippen molar-refractivity contribution in [3.05, 3.63) is 11.7 Å². The van der Waals surface area contributed by atoms with Gasteiger partial charge in [-0.1, -0.05) is 19.0 Å². The molecule has 0 aromatic carbocycles. The second-order valence-corrected chi connectivity index (χ2v) is 8.91. The zero-order valence-electron chi connectivity index (χ0n) is 16.7. The Morgan fingerprint density at radius 1 is 1.34 bits per heavy atom. The van der Waals surface area contributed by atoms with Crippen molar-refractivity contribution in [2.24, 2.45) is 4.99 Å². The number of hydrogen-bond donors (Lipinski definition) is 2. The van der Waals surface area contributed by atoms with Gasteiger partial charge >= 0.3 is 15.5 Å². The summed E-state index contributed by atoms with van der Waals surface area (Å²) in [6, 6.07) is -0.177. The van der Waals surface area contributed by atoms with Crippen LogP contribution in [0.15, 0.2) is 9.52 Å². The number of guanidine groups is 1. The molecule has 2 rings (SSSR count). The summed E-state index contributed by atoms with van der Waals surface area (Å²) >= 11 is 0. The summed E-state index contributed by atoms with van der Waals surface area (Å²) in [5.41, 5.74) is -5.27. The predicted octanol–water partition coefficient (Wildman–Crippen LogP) is 1.60. The number of sulfonamides is 1. The minimum atomic E-state index is -5.27. The molecule has 2 heterocycles. The third-order valence-electron chi connectivity index (χ3n) is 4.37. The lowest BCUT2D eigenvalue weighted by Crippen LogP contribution is -2.51. The van der Waals surface area contributed by atoms with Crippen LogP contribution in [0.25, 0.3) is 0 Å². The summed E-state index contributed by atoms with van der Waals surface area (Å²) in [5.74, 6) is 1.80. The highest BCUT2D eigenvalue weighted by atomic mass is 32.2. The molecule has 13 heteroatoms. The molecule has 0 atom stereocenters. The molecule has 0 radical (unpaired) electrons. The first-order chi connectivity index (χ1) is 13.5. The van der Waals surface area contributed by atoms with Crippen LogP contribution in [-0.2, 0) is 16.4 Å². The first-order valence-corrected chi connectivity index (χ1v) is 10.9. The summed E-state index contributed by atoms with van der Waals surface area (Å²) in [5, 5.41) is 10.1. The minimum absolute atomic E-state index is 0.169. The lowest BCUT2D eigenvalue weighted by Gasteiger charge is -2.32. The number of piperidine rings is 1. The Kier molecular flexibility index (Phi) is 7.86. The van der Waals surface area contributed by atoms with Crippen LogP contribution in [0.3, 0.4) is 0 Å². The number of rotatable bonds is 7. The Balaban J connectivity index is 1.88. The average molecular weight is 440 g/mol. The van der Waals surface area contributed by atoms with Crippen molar-refractivity contribution in [1.82, 2.24) is 25.1 Å². The molecule has 1 fully saturated rings. The first kappa shape index (κ1) is 23.4. The van der Waals surface area contributed by atoms with Crippen LogP contribution in [-0.4, -0.2) is 66.6 Å². The summed E-state index contributed by atoms with van der Waals surface area (Å²) in [7, 11) is -5.27. The fourth-order valence-electron chi connectivity index (χ4n) is 2.77. The highest BCUT2D eigenvalue weighted by Crippen LogP contribution is 2.28. The quantitative estimate of drug-likeness (QED) is 0.489. The van der Waals surface area contributed by atoms with Gasteiger partial charge in [0.25, 0.3) is 0 Å². The highest BCUT2D eigenvalue weighted by molar-refractivity contribution is 7.90. The molecule has 0 amide bonds. The largest absolute Gasteiger partial charge is 0.511 e. The molecule has 1 aliphatic rings. The summed E-state index contributed by atoms with van der Waals surface area (Å²) in [6.07, 6.45) is 0.959. The number of nitrogens with zero attached hydrogens (tertiary/aromatic N) is 4. The maximum absolute atomic E-state index is 12.7. The summed E-state index contributed by atoms with van der Waals surface area (Å²) in [6.45, 7) is 6.42. The molecule has 9 nitrogen and oxygen atoms in total. The van der Waals surface area contributed by atoms with Gasteiger partial charge in [0, 0.05) is 38.0 Å². The van der Waals surface area contributed by atoms with Gasteiger partial charge in [-0.2, -0.15) is 22.5 Å². The molecule has 1 saturated heterocycles. The van der Waals surface area contributed by atoms with Crippen LogP contribution in [0.2, 0.25) is 0 Å². The number of hydrogen-bond acceptors (Lipinski definition) is 6. The molecule has 0 unspecified atom stereocenters. The van der Waals surface area contributed by atoms with E-state index >= 15 is 0 Å². The molecule has 0 bridgehead atoms. The Morgan fingerprint density at radius 3 is 2.52 bits per heavy atom. The van der Waals surface area contributed by atoms with Gasteiger partial charge < -0.3 is 15.2 Å². The third-order valence-corrected chi connectivity index (χ3v) is 6.00. The lowest BCUT2D eigenvalue weighted by molar-refractivity contribution is -0.0494. The topological polar surface area (TPSA) is 113 Å². The second-order valence-electron chi connectivity index (χ2n) is 6.98. The maximum atomic E-state index is 12.7. The molecular weight excluding hydrogens is 413 g/mol. The van der Waals surface area contributed by atoms with Gasteiger partial charge in [-0.25, -0.2) is 8.42 Å². The fraction of sp³-hybridized carbons (Fsp3) is 0.812. The van der Waals surface area contributed by atoms with Crippen LogP contribution in [0, 0.1) is 0 Å². The standard InChI is InChI=1S/C16H27F3N6O3S/c1-4-20-15(21-8-5-13-23-14(11(2)3)24-28-13)22-12-6-9-25(10-7-12)29(26,27)16(17,18)19/h11-12H,4-10H2,1-3H3,(H2,20,21,22). The van der Waals surface area contributed by atoms with E-state index in [1.165, 1.54) is 0 Å². The minimum Gasteiger partial charge on any atom is -0.357 e. The van der Waals surface area contributed by atoms with Gasteiger partial charge in [-0.3, -0.25) is 4.99 Å². The first-order valence-electron chi connectivity index (χ1n) is 9.48. The predicted molar refractivity (Wildman–Crippen MR) is 101 cm³/mol. The van der Waals surface area contributed by atoms with Gasteiger partial charge in [0.1, 0.15) is 0 Å². The average Bonchev–Trinajstić information content (AvgIpc) is 3.10. The molecular formula is C16H27F3N6O3S. The van der Waals surface area contributed by atoms with E-state index in [2.05, 4.69) is 25.8 Å². The normalized spacial score (nSPS) is 17.7. The van der Waals surface area contributed by atoms with Crippen LogP contribution in [0.1, 0.15) is 51.2 Å². The Hall–Kier alpha value is -1.89. The van der Waals surface area contributed by atoms with Crippen LogP contribution >= 0.6 is 0 Å². The van der Waals surface area contributed by atoms with Gasteiger partial charge in [0.15, 0.2) is 11.8 Å². The van der Waals surface area contributed by atoms with Crippen LogP contribution < -0.4 is 10.6 Å². The van der Waals surface area contributed by atoms with E-state index in [0.717, 1.165) is 0 Å². The number of aromatic nitrogens is 2. The van der Waals surface area contributed by atoms with E-state index in [-0.39, 0.29) is 37.9 Å². The van der Waals surface area contributed by atoms with Crippen molar-refractivity contribution in [3.8, 4) is 0 Å². The van der Waals surface area contributed by atoms with Crippen molar-refractivity contribution in [1.29, 1.82) is 0 Å². The highest BCUT2D eigenvalue weighted by Gasteiger charge is 2.50. The smallest absolute Gasteiger partial charge is 0.357 e. The Bertz CT molecular complexity index is 786. The molecule has 0 spiro atoms.